The van der Waals surface area contributed by atoms with Gasteiger partial charge >= 0.3 is 0 Å². The molecule has 0 fully saturated rings. The maximum atomic E-state index is 12.0. The Labute approximate surface area is 136 Å². The molecule has 0 aromatic heterocycles. The fourth-order valence-electron chi connectivity index (χ4n) is 2.15. The SMILES string of the molecule is O=C(Cc1ccc([N+](=O)[O-])cc1)C(O)Cc1ccc([N+](=O)[O-])cc1. The van der Waals surface area contributed by atoms with Gasteiger partial charge in [-0.3, -0.25) is 25.0 Å². The van der Waals surface area contributed by atoms with Crippen molar-refractivity contribution >= 4 is 17.2 Å². The van der Waals surface area contributed by atoms with E-state index in [4.69, 9.17) is 0 Å². The molecule has 0 aliphatic rings. The Hall–Kier alpha value is -3.13. The van der Waals surface area contributed by atoms with Crippen LogP contribution in [0.1, 0.15) is 11.1 Å². The van der Waals surface area contributed by atoms with Crippen molar-refractivity contribution < 1.29 is 19.7 Å². The largest absolute Gasteiger partial charge is 0.385 e. The Bertz CT molecular complexity index is 755. The summed E-state index contributed by atoms with van der Waals surface area (Å²) in [7, 11) is 0. The summed E-state index contributed by atoms with van der Waals surface area (Å²) < 4.78 is 0. The van der Waals surface area contributed by atoms with Crippen molar-refractivity contribution in [2.75, 3.05) is 0 Å². The van der Waals surface area contributed by atoms with E-state index in [0.717, 1.165) is 0 Å². The van der Waals surface area contributed by atoms with Crippen molar-refractivity contribution in [1.29, 1.82) is 0 Å². The summed E-state index contributed by atoms with van der Waals surface area (Å²) in [5, 5.41) is 31.1. The molecular weight excluding hydrogens is 316 g/mol. The van der Waals surface area contributed by atoms with Crippen LogP contribution in [0, 0.1) is 20.2 Å². The number of carbonyl (C=O) groups is 1. The van der Waals surface area contributed by atoms with Gasteiger partial charge in [-0.15, -0.1) is 0 Å². The predicted octanol–water partition coefficient (Wildman–Crippen LogP) is 2.22. The summed E-state index contributed by atoms with van der Waals surface area (Å²) >= 11 is 0. The minimum absolute atomic E-state index is 0.0454. The van der Waals surface area contributed by atoms with Crippen LogP contribution in [0.5, 0.6) is 0 Å². The number of Topliss-reactive ketones (excluding diaryl/α,β-unsaturated/α-hetero) is 1. The molecule has 0 bridgehead atoms. The monoisotopic (exact) mass is 330 g/mol. The molecule has 0 heterocycles. The molecule has 0 saturated heterocycles. The molecule has 2 rings (SSSR count). The minimum Gasteiger partial charge on any atom is -0.385 e. The highest BCUT2D eigenvalue weighted by atomic mass is 16.6. The Kier molecular flexibility index (Phi) is 5.33. The van der Waals surface area contributed by atoms with E-state index in [1.807, 2.05) is 0 Å². The van der Waals surface area contributed by atoms with Crippen LogP contribution >= 0.6 is 0 Å². The van der Waals surface area contributed by atoms with Crippen molar-refractivity contribution in [1.82, 2.24) is 0 Å². The van der Waals surface area contributed by atoms with Crippen molar-refractivity contribution in [3.05, 3.63) is 79.9 Å². The van der Waals surface area contributed by atoms with E-state index in [1.165, 1.54) is 48.5 Å². The number of nitro groups is 2. The molecule has 0 amide bonds. The lowest BCUT2D eigenvalue weighted by Gasteiger charge is -2.09. The zero-order chi connectivity index (χ0) is 17.7. The number of nitro benzene ring substituents is 2. The lowest BCUT2D eigenvalue weighted by molar-refractivity contribution is -0.385. The highest BCUT2D eigenvalue weighted by Gasteiger charge is 2.17. The number of aliphatic hydroxyl groups excluding tert-OH is 1. The molecule has 2 aromatic carbocycles. The summed E-state index contributed by atoms with van der Waals surface area (Å²) in [6.45, 7) is 0. The fraction of sp³-hybridized carbons (Fsp3) is 0.188. The Morgan fingerprint density at radius 1 is 0.875 bits per heavy atom. The average molecular weight is 330 g/mol. The third-order valence-electron chi connectivity index (χ3n) is 3.47. The number of aliphatic hydroxyl groups is 1. The van der Waals surface area contributed by atoms with Gasteiger partial charge in [-0.25, -0.2) is 0 Å². The topological polar surface area (TPSA) is 124 Å². The highest BCUT2D eigenvalue weighted by molar-refractivity contribution is 5.85. The fourth-order valence-corrected chi connectivity index (χ4v) is 2.15. The second-order valence-electron chi connectivity index (χ2n) is 5.21. The number of nitrogens with zero attached hydrogens (tertiary/aromatic N) is 2. The molecule has 8 nitrogen and oxygen atoms in total. The lowest BCUT2D eigenvalue weighted by atomic mass is 10.00. The lowest BCUT2D eigenvalue weighted by Crippen LogP contribution is -2.24. The standard InChI is InChI=1S/C16H14N2O6/c19-15(9-11-1-5-13(6-2-11)17(21)22)16(20)10-12-3-7-14(8-4-12)18(23)24/h1-8,15,19H,9-10H2. The first-order valence-electron chi connectivity index (χ1n) is 7.04. The van der Waals surface area contributed by atoms with Crippen LogP contribution in [0.15, 0.2) is 48.5 Å². The van der Waals surface area contributed by atoms with Gasteiger partial charge in [0.2, 0.25) is 0 Å². The first-order chi connectivity index (χ1) is 11.4. The van der Waals surface area contributed by atoms with Gasteiger partial charge in [-0.2, -0.15) is 0 Å². The van der Waals surface area contributed by atoms with E-state index in [0.29, 0.717) is 11.1 Å². The number of carbonyl (C=O) groups excluding carboxylic acids is 1. The van der Waals surface area contributed by atoms with E-state index in [9.17, 15) is 30.1 Å². The maximum Gasteiger partial charge on any atom is 0.269 e. The third-order valence-corrected chi connectivity index (χ3v) is 3.47. The number of non-ortho nitro benzene ring substituents is 2. The zero-order valence-corrected chi connectivity index (χ0v) is 12.5. The molecule has 24 heavy (non-hydrogen) atoms. The molecule has 0 spiro atoms. The number of rotatable bonds is 7. The van der Waals surface area contributed by atoms with E-state index in [2.05, 4.69) is 0 Å². The van der Waals surface area contributed by atoms with Gasteiger partial charge in [-0.1, -0.05) is 24.3 Å². The molecule has 0 aliphatic carbocycles. The van der Waals surface area contributed by atoms with Crippen molar-refractivity contribution in [2.45, 2.75) is 18.9 Å². The van der Waals surface area contributed by atoms with Crippen molar-refractivity contribution in [3.8, 4) is 0 Å². The van der Waals surface area contributed by atoms with Crippen LogP contribution in [0.25, 0.3) is 0 Å². The van der Waals surface area contributed by atoms with E-state index < -0.39 is 21.7 Å². The summed E-state index contributed by atoms with van der Waals surface area (Å²) in [5.74, 6) is -0.429. The van der Waals surface area contributed by atoms with Gasteiger partial charge in [0.25, 0.3) is 11.4 Å². The molecule has 2 aromatic rings. The molecule has 8 heteroatoms. The molecule has 1 unspecified atom stereocenters. The second-order valence-corrected chi connectivity index (χ2v) is 5.21. The Morgan fingerprint density at radius 3 is 1.71 bits per heavy atom. The Balaban J connectivity index is 1.96. The van der Waals surface area contributed by atoms with E-state index in [1.54, 1.807) is 0 Å². The van der Waals surface area contributed by atoms with Gasteiger partial charge in [0.15, 0.2) is 5.78 Å². The van der Waals surface area contributed by atoms with Crippen LogP contribution in [-0.4, -0.2) is 26.8 Å². The average Bonchev–Trinajstić information content (AvgIpc) is 2.55. The van der Waals surface area contributed by atoms with Crippen LogP contribution in [0.4, 0.5) is 11.4 Å². The van der Waals surface area contributed by atoms with Gasteiger partial charge in [0.05, 0.1) is 9.85 Å². The van der Waals surface area contributed by atoms with Gasteiger partial charge in [0.1, 0.15) is 6.10 Å². The Morgan fingerprint density at radius 2 is 1.29 bits per heavy atom. The molecule has 124 valence electrons. The molecule has 1 atom stereocenters. The van der Waals surface area contributed by atoms with Crippen LogP contribution in [0.3, 0.4) is 0 Å². The van der Waals surface area contributed by atoms with Gasteiger partial charge < -0.3 is 5.11 Å². The normalized spacial score (nSPS) is 11.7. The number of benzene rings is 2. The van der Waals surface area contributed by atoms with E-state index in [-0.39, 0.29) is 24.2 Å². The van der Waals surface area contributed by atoms with Crippen molar-refractivity contribution in [3.63, 3.8) is 0 Å². The van der Waals surface area contributed by atoms with E-state index >= 15 is 0 Å². The smallest absolute Gasteiger partial charge is 0.269 e. The number of hydrogen-bond donors (Lipinski definition) is 1. The number of hydrogen-bond acceptors (Lipinski definition) is 6. The van der Waals surface area contributed by atoms with Crippen LogP contribution in [-0.2, 0) is 17.6 Å². The summed E-state index contributed by atoms with van der Waals surface area (Å²) in [4.78, 5) is 32.1. The molecular formula is C16H14N2O6. The maximum absolute atomic E-state index is 12.0. The second kappa shape index (κ2) is 7.42. The van der Waals surface area contributed by atoms with Crippen LogP contribution < -0.4 is 0 Å². The van der Waals surface area contributed by atoms with Gasteiger partial charge in [-0.05, 0) is 11.1 Å². The van der Waals surface area contributed by atoms with Gasteiger partial charge in [0, 0.05) is 37.1 Å². The predicted molar refractivity (Wildman–Crippen MR) is 84.6 cm³/mol. The highest BCUT2D eigenvalue weighted by Crippen LogP contribution is 2.15. The summed E-state index contributed by atoms with van der Waals surface area (Å²) in [6.07, 6.45) is -1.25. The third kappa shape index (κ3) is 4.43. The molecule has 1 N–H and O–H groups in total. The zero-order valence-electron chi connectivity index (χ0n) is 12.5. The molecule has 0 saturated carbocycles. The van der Waals surface area contributed by atoms with Crippen LogP contribution in [0.2, 0.25) is 0 Å². The van der Waals surface area contributed by atoms with Crippen molar-refractivity contribution in [2.24, 2.45) is 0 Å². The first-order valence-corrected chi connectivity index (χ1v) is 7.04. The molecule has 0 radical (unpaired) electrons. The quantitative estimate of drug-likeness (QED) is 0.613. The number of ketones is 1. The summed E-state index contributed by atoms with van der Waals surface area (Å²) in [5.41, 5.74) is 1.03. The molecule has 0 aliphatic heterocycles. The minimum atomic E-state index is -1.25. The first kappa shape index (κ1) is 17.2. The summed E-state index contributed by atoms with van der Waals surface area (Å²) in [6, 6.07) is 11.1.